The van der Waals surface area contributed by atoms with Crippen LogP contribution in [0.15, 0.2) is 72.8 Å². The quantitative estimate of drug-likeness (QED) is 0.619. The molecule has 3 aromatic carbocycles. The van der Waals surface area contributed by atoms with E-state index in [1.165, 1.54) is 5.56 Å². The normalized spacial score (nSPS) is 11.6. The van der Waals surface area contributed by atoms with Gasteiger partial charge in [-0.25, -0.2) is 0 Å². The number of hydrogen-bond acceptors (Lipinski definition) is 3. The Morgan fingerprint density at radius 3 is 2.28 bits per heavy atom. The minimum atomic E-state index is -0.107. The molecule has 3 aromatic rings. The number of aryl methyl sites for hydroxylation is 1. The van der Waals surface area contributed by atoms with Crippen molar-refractivity contribution in [3.8, 4) is 11.5 Å². The zero-order chi connectivity index (χ0) is 20.6. The predicted octanol–water partition coefficient (Wildman–Crippen LogP) is 3.30. The van der Waals surface area contributed by atoms with Crippen molar-refractivity contribution >= 4 is 11.6 Å². The third kappa shape index (κ3) is 5.36. The van der Waals surface area contributed by atoms with Gasteiger partial charge in [0.2, 0.25) is 0 Å². The molecule has 0 saturated carbocycles. The van der Waals surface area contributed by atoms with Crippen LogP contribution in [0.5, 0.6) is 11.5 Å². The number of ether oxygens (including phenoxy) is 2. The van der Waals surface area contributed by atoms with Gasteiger partial charge in [0.05, 0.1) is 19.9 Å². The average molecular weight is 391 g/mol. The summed E-state index contributed by atoms with van der Waals surface area (Å²) in [5.41, 5.74) is 4.12. The summed E-state index contributed by atoms with van der Waals surface area (Å²) < 4.78 is 10.6. The van der Waals surface area contributed by atoms with Gasteiger partial charge in [-0.3, -0.25) is 4.79 Å². The molecule has 5 heteroatoms. The molecule has 3 rings (SSSR count). The predicted molar refractivity (Wildman–Crippen MR) is 114 cm³/mol. The number of benzene rings is 3. The number of hydrogen-bond donors (Lipinski definition) is 2. The highest BCUT2D eigenvalue weighted by Gasteiger charge is 2.19. The van der Waals surface area contributed by atoms with Gasteiger partial charge in [-0.15, -0.1) is 0 Å². The summed E-state index contributed by atoms with van der Waals surface area (Å²) in [7, 11) is 3.17. The van der Waals surface area contributed by atoms with Gasteiger partial charge in [0, 0.05) is 17.2 Å². The largest absolute Gasteiger partial charge is 0.497 e. The fourth-order valence-corrected chi connectivity index (χ4v) is 3.24. The Hall–Kier alpha value is -3.31. The van der Waals surface area contributed by atoms with E-state index in [0.717, 1.165) is 11.1 Å². The first kappa shape index (κ1) is 20.4. The van der Waals surface area contributed by atoms with Gasteiger partial charge < -0.3 is 20.1 Å². The molecule has 3 N–H and O–H groups in total. The lowest BCUT2D eigenvalue weighted by atomic mass is 9.98. The molecule has 0 aromatic heterocycles. The van der Waals surface area contributed by atoms with Crippen molar-refractivity contribution in [1.29, 1.82) is 0 Å². The maximum Gasteiger partial charge on any atom is 0.279 e. The summed E-state index contributed by atoms with van der Waals surface area (Å²) in [6.45, 7) is 2.34. The number of methoxy groups -OCH3 is 2. The second kappa shape index (κ2) is 9.75. The van der Waals surface area contributed by atoms with Crippen LogP contribution in [-0.4, -0.2) is 26.7 Å². The second-order valence-electron chi connectivity index (χ2n) is 6.85. The molecule has 0 bridgehead atoms. The van der Waals surface area contributed by atoms with E-state index in [9.17, 15) is 4.79 Å². The van der Waals surface area contributed by atoms with Crippen LogP contribution in [0.3, 0.4) is 0 Å². The molecule has 5 nitrogen and oxygen atoms in total. The molecule has 0 heterocycles. The summed E-state index contributed by atoms with van der Waals surface area (Å²) in [6, 6.07) is 24.0. The molecule has 0 radical (unpaired) electrons. The van der Waals surface area contributed by atoms with E-state index in [0.29, 0.717) is 17.2 Å². The topological polar surface area (TPSA) is 64.2 Å². The smallest absolute Gasteiger partial charge is 0.279 e. The van der Waals surface area contributed by atoms with E-state index in [-0.39, 0.29) is 18.5 Å². The average Bonchev–Trinajstić information content (AvgIpc) is 2.75. The van der Waals surface area contributed by atoms with Crippen LogP contribution in [0.25, 0.3) is 0 Å². The maximum absolute atomic E-state index is 12.7. The molecule has 150 valence electrons. The zero-order valence-electron chi connectivity index (χ0n) is 17.0. The van der Waals surface area contributed by atoms with Gasteiger partial charge in [0.25, 0.3) is 5.91 Å². The van der Waals surface area contributed by atoms with Crippen molar-refractivity contribution in [1.82, 2.24) is 0 Å². The van der Waals surface area contributed by atoms with Crippen molar-refractivity contribution < 1.29 is 19.6 Å². The van der Waals surface area contributed by atoms with Crippen LogP contribution >= 0.6 is 0 Å². The summed E-state index contributed by atoms with van der Waals surface area (Å²) in [6.07, 6.45) is 0. The highest BCUT2D eigenvalue weighted by Crippen LogP contribution is 2.28. The number of anilines is 1. The molecular weight excluding hydrogens is 364 g/mol. The van der Waals surface area contributed by atoms with Crippen molar-refractivity contribution in [2.24, 2.45) is 0 Å². The molecule has 0 saturated heterocycles. The lowest BCUT2D eigenvalue weighted by molar-refractivity contribution is -0.676. The summed E-state index contributed by atoms with van der Waals surface area (Å²) in [5.74, 6) is 1.15. The van der Waals surface area contributed by atoms with Gasteiger partial charge in [0.15, 0.2) is 6.54 Å². The standard InChI is InChI=1S/C24H26N2O3/c1-17-9-11-19(12-10-17)24(18-7-5-4-6-8-18)25-16-23(27)26-21-15-20(28-2)13-14-22(21)29-3/h4-15,24-25H,16H2,1-3H3,(H,26,27)/p+1/t24-/m1/s1. The van der Waals surface area contributed by atoms with Gasteiger partial charge in [-0.05, 0) is 19.1 Å². The third-order valence-electron chi connectivity index (χ3n) is 4.81. The molecule has 29 heavy (non-hydrogen) atoms. The van der Waals surface area contributed by atoms with Crippen LogP contribution in [0.1, 0.15) is 22.7 Å². The fourth-order valence-electron chi connectivity index (χ4n) is 3.24. The lowest BCUT2D eigenvalue weighted by Gasteiger charge is -2.17. The van der Waals surface area contributed by atoms with Crippen LogP contribution < -0.4 is 20.1 Å². The molecule has 1 atom stereocenters. The summed E-state index contributed by atoms with van der Waals surface area (Å²) in [4.78, 5) is 12.7. The van der Waals surface area contributed by atoms with Gasteiger partial charge in [-0.1, -0.05) is 60.2 Å². The Balaban J connectivity index is 1.74. The number of carbonyl (C=O) groups excluding carboxylic acids is 1. The molecule has 0 aliphatic rings. The number of quaternary nitrogens is 1. The van der Waals surface area contributed by atoms with Gasteiger partial charge in [-0.2, -0.15) is 0 Å². The van der Waals surface area contributed by atoms with E-state index in [1.54, 1.807) is 32.4 Å². The number of rotatable bonds is 8. The number of nitrogens with one attached hydrogen (secondary N) is 1. The van der Waals surface area contributed by atoms with Crippen molar-refractivity contribution in [3.63, 3.8) is 0 Å². The molecule has 0 fully saturated rings. The van der Waals surface area contributed by atoms with Crippen molar-refractivity contribution in [2.75, 3.05) is 26.1 Å². The number of amides is 1. The van der Waals surface area contributed by atoms with Crippen LogP contribution in [0, 0.1) is 6.92 Å². The van der Waals surface area contributed by atoms with E-state index < -0.39 is 0 Å². The molecule has 1 amide bonds. The Morgan fingerprint density at radius 1 is 0.931 bits per heavy atom. The first-order valence-corrected chi connectivity index (χ1v) is 9.57. The number of carbonyl (C=O) groups is 1. The maximum atomic E-state index is 12.7. The SMILES string of the molecule is COc1ccc(OC)c(NC(=O)C[NH2+][C@H](c2ccccc2)c2ccc(C)cc2)c1. The Kier molecular flexibility index (Phi) is 6.87. The molecule has 0 unspecified atom stereocenters. The first-order valence-electron chi connectivity index (χ1n) is 9.57. The lowest BCUT2D eigenvalue weighted by Crippen LogP contribution is -2.87. The minimum Gasteiger partial charge on any atom is -0.497 e. The van der Waals surface area contributed by atoms with E-state index in [2.05, 4.69) is 48.6 Å². The molecule has 0 aliphatic heterocycles. The monoisotopic (exact) mass is 391 g/mol. The fraction of sp³-hybridized carbons (Fsp3) is 0.208. The van der Waals surface area contributed by atoms with E-state index in [4.69, 9.17) is 9.47 Å². The zero-order valence-corrected chi connectivity index (χ0v) is 17.0. The number of nitrogens with two attached hydrogens (primary N) is 1. The second-order valence-corrected chi connectivity index (χ2v) is 6.85. The Morgan fingerprint density at radius 2 is 1.62 bits per heavy atom. The summed E-state index contributed by atoms with van der Waals surface area (Å²) in [5, 5.41) is 4.97. The molecule has 0 aliphatic carbocycles. The highest BCUT2D eigenvalue weighted by atomic mass is 16.5. The van der Waals surface area contributed by atoms with Gasteiger partial charge in [0.1, 0.15) is 17.5 Å². The van der Waals surface area contributed by atoms with Crippen LogP contribution in [-0.2, 0) is 4.79 Å². The van der Waals surface area contributed by atoms with Crippen LogP contribution in [0.4, 0.5) is 5.69 Å². The van der Waals surface area contributed by atoms with Crippen molar-refractivity contribution in [3.05, 3.63) is 89.5 Å². The molecular formula is C24H27N2O3+. The van der Waals surface area contributed by atoms with Crippen molar-refractivity contribution in [2.45, 2.75) is 13.0 Å². The van der Waals surface area contributed by atoms with E-state index >= 15 is 0 Å². The Bertz CT molecular complexity index is 940. The third-order valence-corrected chi connectivity index (χ3v) is 4.81. The summed E-state index contributed by atoms with van der Waals surface area (Å²) >= 11 is 0. The minimum absolute atomic E-state index is 0.0368. The van der Waals surface area contributed by atoms with E-state index in [1.807, 2.05) is 23.5 Å². The highest BCUT2D eigenvalue weighted by molar-refractivity contribution is 5.93. The Labute approximate surface area is 171 Å². The van der Waals surface area contributed by atoms with Crippen LogP contribution in [0.2, 0.25) is 0 Å². The first-order chi connectivity index (χ1) is 14.1. The van der Waals surface area contributed by atoms with Gasteiger partial charge >= 0.3 is 0 Å². The molecule has 0 spiro atoms.